The maximum absolute atomic E-state index is 11.7. The second kappa shape index (κ2) is 10.2. The quantitative estimate of drug-likeness (QED) is 0.316. The molecule has 29 heavy (non-hydrogen) atoms. The maximum Gasteiger partial charge on any atom is 0.331 e. The predicted octanol–water partition coefficient (Wildman–Crippen LogP) is 2.51. The van der Waals surface area contributed by atoms with Crippen LogP contribution in [0, 0.1) is 10.1 Å². The molecule has 0 unspecified atom stereocenters. The van der Waals surface area contributed by atoms with Gasteiger partial charge in [-0.25, -0.2) is 9.59 Å². The first-order chi connectivity index (χ1) is 13.9. The molecule has 0 aliphatic heterocycles. The molecule has 2 aromatic rings. The molecule has 0 aliphatic carbocycles. The van der Waals surface area contributed by atoms with E-state index < -0.39 is 29.4 Å². The van der Waals surface area contributed by atoms with Gasteiger partial charge in [-0.3, -0.25) is 20.2 Å². The van der Waals surface area contributed by atoms with Gasteiger partial charge < -0.3 is 14.8 Å². The minimum Gasteiger partial charge on any atom is -0.497 e. The Labute approximate surface area is 165 Å². The third kappa shape index (κ3) is 6.79. The number of benzene rings is 2. The summed E-state index contributed by atoms with van der Waals surface area (Å²) >= 11 is 0. The average molecular weight is 399 g/mol. The van der Waals surface area contributed by atoms with Crippen molar-refractivity contribution < 1.29 is 28.8 Å². The lowest BCUT2D eigenvalue weighted by Gasteiger charge is -2.07. The lowest BCUT2D eigenvalue weighted by Crippen LogP contribution is -2.37. The Hall–Kier alpha value is -4.21. The van der Waals surface area contributed by atoms with Gasteiger partial charge in [0, 0.05) is 17.8 Å². The summed E-state index contributed by atoms with van der Waals surface area (Å²) in [6.45, 7) is -0.698. The topological polar surface area (TPSA) is 137 Å². The number of nitrogens with zero attached hydrogens (tertiary/aromatic N) is 1. The van der Waals surface area contributed by atoms with Crippen LogP contribution in [-0.4, -0.2) is 36.5 Å². The van der Waals surface area contributed by atoms with Crippen molar-refractivity contribution in [2.45, 2.75) is 0 Å². The van der Waals surface area contributed by atoms with Gasteiger partial charge in [0.15, 0.2) is 6.61 Å². The second-order valence-electron chi connectivity index (χ2n) is 5.49. The fourth-order valence-corrected chi connectivity index (χ4v) is 2.14. The number of carbonyl (C=O) groups is 3. The number of urea groups is 1. The molecule has 0 heterocycles. The van der Waals surface area contributed by atoms with Crippen molar-refractivity contribution in [1.82, 2.24) is 5.32 Å². The molecule has 2 rings (SSSR count). The summed E-state index contributed by atoms with van der Waals surface area (Å²) < 4.78 is 9.69. The first-order valence-corrected chi connectivity index (χ1v) is 8.22. The number of rotatable bonds is 7. The van der Waals surface area contributed by atoms with Crippen molar-refractivity contribution in [3.05, 3.63) is 70.3 Å². The molecule has 0 aromatic heterocycles. The van der Waals surface area contributed by atoms with Crippen LogP contribution in [0.2, 0.25) is 0 Å². The normalized spacial score (nSPS) is 10.2. The highest BCUT2D eigenvalue weighted by molar-refractivity contribution is 6.02. The number of hydrogen-bond acceptors (Lipinski definition) is 7. The van der Waals surface area contributed by atoms with E-state index in [1.54, 1.807) is 30.3 Å². The van der Waals surface area contributed by atoms with Gasteiger partial charge in [-0.15, -0.1) is 0 Å². The number of imide groups is 1. The van der Waals surface area contributed by atoms with E-state index in [2.05, 4.69) is 5.32 Å². The molecule has 10 heteroatoms. The first kappa shape index (κ1) is 21.1. The number of anilines is 1. The number of para-hydroxylation sites is 1. The van der Waals surface area contributed by atoms with E-state index in [4.69, 9.17) is 9.47 Å². The van der Waals surface area contributed by atoms with Crippen LogP contribution in [0.3, 0.4) is 0 Å². The van der Waals surface area contributed by atoms with Gasteiger partial charge in [0.25, 0.3) is 11.6 Å². The van der Waals surface area contributed by atoms with Gasteiger partial charge in [0.1, 0.15) is 5.75 Å². The number of nitro benzene ring substituents is 1. The number of ether oxygens (including phenoxy) is 2. The smallest absolute Gasteiger partial charge is 0.331 e. The minimum absolute atomic E-state index is 0.176. The van der Waals surface area contributed by atoms with Crippen LogP contribution in [0.5, 0.6) is 5.75 Å². The first-order valence-electron chi connectivity index (χ1n) is 8.22. The third-order valence-corrected chi connectivity index (χ3v) is 3.48. The molecule has 2 N–H and O–H groups in total. The summed E-state index contributed by atoms with van der Waals surface area (Å²) in [5, 5.41) is 15.3. The summed E-state index contributed by atoms with van der Waals surface area (Å²) in [5.41, 5.74) is 0.461. The zero-order valence-corrected chi connectivity index (χ0v) is 15.3. The second-order valence-corrected chi connectivity index (χ2v) is 5.49. The molecule has 0 saturated carbocycles. The zero-order chi connectivity index (χ0) is 21.2. The monoisotopic (exact) mass is 399 g/mol. The Kier molecular flexibility index (Phi) is 7.43. The van der Waals surface area contributed by atoms with Crippen molar-refractivity contribution in [3.8, 4) is 5.75 Å². The summed E-state index contributed by atoms with van der Waals surface area (Å²) in [4.78, 5) is 45.4. The van der Waals surface area contributed by atoms with Gasteiger partial charge in [0.2, 0.25) is 0 Å². The van der Waals surface area contributed by atoms with Crippen LogP contribution < -0.4 is 15.4 Å². The van der Waals surface area contributed by atoms with E-state index in [0.29, 0.717) is 11.4 Å². The van der Waals surface area contributed by atoms with Crippen molar-refractivity contribution in [1.29, 1.82) is 0 Å². The molecule has 2 aromatic carbocycles. The molecule has 0 saturated heterocycles. The van der Waals surface area contributed by atoms with Crippen molar-refractivity contribution in [2.75, 3.05) is 19.0 Å². The highest BCUT2D eigenvalue weighted by atomic mass is 16.6. The summed E-state index contributed by atoms with van der Waals surface area (Å²) in [6.07, 6.45) is 2.15. The van der Waals surface area contributed by atoms with E-state index in [1.807, 2.05) is 5.32 Å². The van der Waals surface area contributed by atoms with E-state index >= 15 is 0 Å². The number of carbonyl (C=O) groups excluding carboxylic acids is 3. The fourth-order valence-electron chi connectivity index (χ4n) is 2.14. The molecular formula is C19H17N3O7. The molecule has 0 spiro atoms. The van der Waals surface area contributed by atoms with Crippen LogP contribution in [-0.2, 0) is 14.3 Å². The van der Waals surface area contributed by atoms with Crippen molar-refractivity contribution in [3.63, 3.8) is 0 Å². The Bertz CT molecular complexity index is 939. The standard InChI is InChI=1S/C19H17N3O7/c1-28-15-9-7-14(8-10-15)20-19(25)21-17(23)12-29-18(24)11-6-13-4-2-3-5-16(13)22(26)27/h2-11H,12H2,1H3,(H2,20,21,23,25)/b11-6+. The largest absolute Gasteiger partial charge is 0.497 e. The number of hydrogen-bond donors (Lipinski definition) is 2. The summed E-state index contributed by atoms with van der Waals surface area (Å²) in [7, 11) is 1.51. The number of esters is 1. The maximum atomic E-state index is 11.7. The number of nitrogens with one attached hydrogen (secondary N) is 2. The molecule has 0 atom stereocenters. The predicted molar refractivity (Wildman–Crippen MR) is 103 cm³/mol. The van der Waals surface area contributed by atoms with Gasteiger partial charge in [-0.05, 0) is 36.4 Å². The molecule has 0 fully saturated rings. The molecule has 0 radical (unpaired) electrons. The van der Waals surface area contributed by atoms with E-state index in [-0.39, 0.29) is 11.3 Å². The van der Waals surface area contributed by atoms with E-state index in [9.17, 15) is 24.5 Å². The molecule has 3 amide bonds. The zero-order valence-electron chi connectivity index (χ0n) is 15.3. The Morgan fingerprint density at radius 3 is 2.45 bits per heavy atom. The van der Waals surface area contributed by atoms with Gasteiger partial charge in [-0.2, -0.15) is 0 Å². The third-order valence-electron chi connectivity index (χ3n) is 3.48. The molecular weight excluding hydrogens is 382 g/mol. The van der Waals surface area contributed by atoms with Crippen LogP contribution in [0.15, 0.2) is 54.6 Å². The van der Waals surface area contributed by atoms with Gasteiger partial charge >= 0.3 is 12.0 Å². The average Bonchev–Trinajstić information content (AvgIpc) is 2.71. The Morgan fingerprint density at radius 2 is 1.79 bits per heavy atom. The highest BCUT2D eigenvalue weighted by Gasteiger charge is 2.12. The van der Waals surface area contributed by atoms with Crippen LogP contribution in [0.1, 0.15) is 5.56 Å². The highest BCUT2D eigenvalue weighted by Crippen LogP contribution is 2.19. The molecule has 150 valence electrons. The Balaban J connectivity index is 1.80. The summed E-state index contributed by atoms with van der Waals surface area (Å²) in [5.74, 6) is -1.13. The minimum atomic E-state index is -0.895. The summed E-state index contributed by atoms with van der Waals surface area (Å²) in [6, 6.07) is 11.4. The molecule has 0 aliphatic rings. The SMILES string of the molecule is COc1ccc(NC(=O)NC(=O)COC(=O)/C=C/c2ccccc2[N+](=O)[O-])cc1. The van der Waals surface area contributed by atoms with E-state index in [1.165, 1.54) is 31.4 Å². The lowest BCUT2D eigenvalue weighted by atomic mass is 10.1. The molecule has 0 bridgehead atoms. The fraction of sp³-hybridized carbons (Fsp3) is 0.105. The van der Waals surface area contributed by atoms with Gasteiger partial charge in [0.05, 0.1) is 17.6 Å². The van der Waals surface area contributed by atoms with E-state index in [0.717, 1.165) is 6.08 Å². The number of amides is 3. The van der Waals surface area contributed by atoms with Crippen LogP contribution >= 0.6 is 0 Å². The lowest BCUT2D eigenvalue weighted by molar-refractivity contribution is -0.385. The van der Waals surface area contributed by atoms with Crippen LogP contribution in [0.4, 0.5) is 16.2 Å². The van der Waals surface area contributed by atoms with Crippen molar-refractivity contribution in [2.24, 2.45) is 0 Å². The van der Waals surface area contributed by atoms with Crippen LogP contribution in [0.25, 0.3) is 6.08 Å². The van der Waals surface area contributed by atoms with Gasteiger partial charge in [-0.1, -0.05) is 12.1 Å². The number of methoxy groups -OCH3 is 1. The van der Waals surface area contributed by atoms with Crippen molar-refractivity contribution >= 4 is 35.4 Å². The number of nitro groups is 1. The Morgan fingerprint density at radius 1 is 1.10 bits per heavy atom. The molecule has 10 nitrogen and oxygen atoms in total.